The molecular formula is C11H13ClN2O4S. The van der Waals surface area contributed by atoms with Crippen LogP contribution in [0.2, 0.25) is 5.02 Å². The predicted octanol–water partition coefficient (Wildman–Crippen LogP) is 2.44. The highest BCUT2D eigenvalue weighted by Gasteiger charge is 2.25. The number of nitrogens with zero attached hydrogens (tertiary/aromatic N) is 2. The van der Waals surface area contributed by atoms with Crippen molar-refractivity contribution in [3.05, 3.63) is 46.0 Å². The van der Waals surface area contributed by atoms with Gasteiger partial charge in [-0.2, -0.15) is 4.31 Å². The average molecular weight is 305 g/mol. The highest BCUT2D eigenvalue weighted by atomic mass is 35.5. The number of hydrogen-bond donors (Lipinski definition) is 0. The highest BCUT2D eigenvalue weighted by molar-refractivity contribution is 7.89. The first kappa shape index (κ1) is 15.6. The second kappa shape index (κ2) is 6.14. The fraction of sp³-hybridized carbons (Fsp3) is 0.273. The lowest BCUT2D eigenvalue weighted by molar-refractivity contribution is -0.384. The number of nitro groups is 1. The van der Waals surface area contributed by atoms with Crippen molar-refractivity contribution < 1.29 is 13.3 Å². The Hall–Kier alpha value is -1.44. The molecule has 0 atom stereocenters. The van der Waals surface area contributed by atoms with Crippen LogP contribution in [0.3, 0.4) is 0 Å². The summed E-state index contributed by atoms with van der Waals surface area (Å²) >= 11 is 5.65. The lowest BCUT2D eigenvalue weighted by Crippen LogP contribution is -2.31. The zero-order chi connectivity index (χ0) is 14.6. The molecule has 0 unspecified atom stereocenters. The van der Waals surface area contributed by atoms with E-state index in [9.17, 15) is 18.5 Å². The first-order valence-electron chi connectivity index (χ1n) is 5.39. The molecule has 0 radical (unpaired) electrons. The van der Waals surface area contributed by atoms with Gasteiger partial charge in [0.05, 0.1) is 9.82 Å². The molecule has 0 saturated heterocycles. The van der Waals surface area contributed by atoms with Crippen LogP contribution in [-0.2, 0) is 10.0 Å². The van der Waals surface area contributed by atoms with Crippen molar-refractivity contribution in [2.75, 3.05) is 13.1 Å². The molecule has 0 aromatic heterocycles. The van der Waals surface area contributed by atoms with Gasteiger partial charge in [-0.25, -0.2) is 8.42 Å². The molecule has 1 aromatic carbocycles. The van der Waals surface area contributed by atoms with Crippen LogP contribution in [0.25, 0.3) is 0 Å². The van der Waals surface area contributed by atoms with Crippen molar-refractivity contribution >= 4 is 27.3 Å². The maximum absolute atomic E-state index is 12.3. The molecule has 0 aliphatic carbocycles. The number of nitro benzene ring substituents is 1. The Kier molecular flexibility index (Phi) is 5.04. The molecule has 0 N–H and O–H groups in total. The van der Waals surface area contributed by atoms with E-state index in [-0.39, 0.29) is 23.0 Å². The van der Waals surface area contributed by atoms with Crippen molar-refractivity contribution in [2.24, 2.45) is 0 Å². The van der Waals surface area contributed by atoms with Crippen LogP contribution in [0.4, 0.5) is 5.69 Å². The van der Waals surface area contributed by atoms with Crippen LogP contribution >= 0.6 is 11.6 Å². The monoisotopic (exact) mass is 304 g/mol. The Bertz CT molecular complexity index is 601. The second-order valence-electron chi connectivity index (χ2n) is 3.61. The van der Waals surface area contributed by atoms with Gasteiger partial charge in [0.1, 0.15) is 5.02 Å². The SMILES string of the molecule is C=CCN(CC)S(=O)(=O)c1ccc(Cl)c([N+](=O)[O-])c1. The molecule has 1 rings (SSSR count). The minimum absolute atomic E-state index is 0.101. The fourth-order valence-corrected chi connectivity index (χ4v) is 3.11. The lowest BCUT2D eigenvalue weighted by Gasteiger charge is -2.18. The van der Waals surface area contributed by atoms with Gasteiger partial charge >= 0.3 is 0 Å². The quantitative estimate of drug-likeness (QED) is 0.459. The molecular weight excluding hydrogens is 292 g/mol. The molecule has 8 heteroatoms. The Morgan fingerprint density at radius 1 is 1.53 bits per heavy atom. The maximum Gasteiger partial charge on any atom is 0.289 e. The Balaban J connectivity index is 3.32. The van der Waals surface area contributed by atoms with Crippen molar-refractivity contribution in [3.63, 3.8) is 0 Å². The standard InChI is InChI=1S/C11H13ClN2O4S/c1-3-7-13(4-2)19(17,18)9-5-6-10(12)11(8-9)14(15)16/h3,5-6,8H,1,4,7H2,2H3. The summed E-state index contributed by atoms with van der Waals surface area (Å²) in [6.45, 7) is 5.53. The van der Waals surface area contributed by atoms with Crippen molar-refractivity contribution in [1.82, 2.24) is 4.31 Å². The minimum atomic E-state index is -3.79. The summed E-state index contributed by atoms with van der Waals surface area (Å²) in [6.07, 6.45) is 1.45. The van der Waals surface area contributed by atoms with Crippen LogP contribution in [0.15, 0.2) is 35.7 Å². The Morgan fingerprint density at radius 2 is 2.16 bits per heavy atom. The summed E-state index contributed by atoms with van der Waals surface area (Å²) in [4.78, 5) is 9.89. The van der Waals surface area contributed by atoms with Gasteiger partial charge in [0.2, 0.25) is 10.0 Å². The van der Waals surface area contributed by atoms with E-state index < -0.39 is 20.6 Å². The van der Waals surface area contributed by atoms with E-state index in [0.29, 0.717) is 0 Å². The number of halogens is 1. The molecule has 1 aromatic rings. The highest BCUT2D eigenvalue weighted by Crippen LogP contribution is 2.28. The summed E-state index contributed by atoms with van der Waals surface area (Å²) < 4.78 is 25.7. The molecule has 0 fully saturated rings. The number of benzene rings is 1. The van der Waals surface area contributed by atoms with Gasteiger partial charge in [-0.15, -0.1) is 6.58 Å². The average Bonchev–Trinajstić information content (AvgIpc) is 2.35. The van der Waals surface area contributed by atoms with Crippen LogP contribution in [-0.4, -0.2) is 30.7 Å². The van der Waals surface area contributed by atoms with Crippen molar-refractivity contribution in [3.8, 4) is 0 Å². The summed E-state index contributed by atoms with van der Waals surface area (Å²) in [5.74, 6) is 0. The third kappa shape index (κ3) is 3.31. The van der Waals surface area contributed by atoms with E-state index in [1.54, 1.807) is 6.92 Å². The summed E-state index contributed by atoms with van der Waals surface area (Å²) in [7, 11) is -3.79. The van der Waals surface area contributed by atoms with Crippen LogP contribution in [0.1, 0.15) is 6.92 Å². The molecule has 0 aliphatic rings. The van der Waals surface area contributed by atoms with Gasteiger partial charge < -0.3 is 0 Å². The Labute approximate surface area is 116 Å². The normalized spacial score (nSPS) is 11.5. The third-order valence-electron chi connectivity index (χ3n) is 2.44. The fourth-order valence-electron chi connectivity index (χ4n) is 1.48. The number of hydrogen-bond acceptors (Lipinski definition) is 4. The summed E-state index contributed by atoms with van der Waals surface area (Å²) in [6, 6.07) is 3.41. The van der Waals surface area contributed by atoms with Crippen LogP contribution in [0.5, 0.6) is 0 Å². The third-order valence-corrected chi connectivity index (χ3v) is 4.69. The zero-order valence-electron chi connectivity index (χ0n) is 10.2. The van der Waals surface area contributed by atoms with Crippen LogP contribution < -0.4 is 0 Å². The van der Waals surface area contributed by atoms with E-state index in [1.165, 1.54) is 18.2 Å². The second-order valence-corrected chi connectivity index (χ2v) is 5.96. The smallest absolute Gasteiger partial charge is 0.258 e. The van der Waals surface area contributed by atoms with Gasteiger partial charge in [0.15, 0.2) is 0 Å². The largest absolute Gasteiger partial charge is 0.289 e. The van der Waals surface area contributed by atoms with E-state index in [0.717, 1.165) is 10.4 Å². The molecule has 6 nitrogen and oxygen atoms in total. The van der Waals surface area contributed by atoms with E-state index >= 15 is 0 Å². The van der Waals surface area contributed by atoms with Gasteiger partial charge in [-0.1, -0.05) is 24.6 Å². The Morgan fingerprint density at radius 3 is 2.63 bits per heavy atom. The molecule has 104 valence electrons. The lowest BCUT2D eigenvalue weighted by atomic mass is 10.3. The maximum atomic E-state index is 12.3. The summed E-state index contributed by atoms with van der Waals surface area (Å²) in [5, 5.41) is 10.7. The topological polar surface area (TPSA) is 80.5 Å². The van der Waals surface area contributed by atoms with Crippen LogP contribution in [0, 0.1) is 10.1 Å². The summed E-state index contributed by atoms with van der Waals surface area (Å²) in [5.41, 5.74) is -0.433. The molecule has 0 aliphatic heterocycles. The van der Waals surface area contributed by atoms with Crippen molar-refractivity contribution in [2.45, 2.75) is 11.8 Å². The van der Waals surface area contributed by atoms with E-state index in [4.69, 9.17) is 11.6 Å². The van der Waals surface area contributed by atoms with Gasteiger partial charge in [-0.3, -0.25) is 10.1 Å². The number of likely N-dealkylation sites (N-methyl/N-ethyl adjacent to an activating group) is 1. The van der Waals surface area contributed by atoms with Gasteiger partial charge in [0, 0.05) is 19.2 Å². The molecule has 0 spiro atoms. The van der Waals surface area contributed by atoms with Gasteiger partial charge in [0.25, 0.3) is 5.69 Å². The zero-order valence-corrected chi connectivity index (χ0v) is 11.8. The minimum Gasteiger partial charge on any atom is -0.258 e. The first-order chi connectivity index (χ1) is 8.84. The molecule has 0 saturated carbocycles. The number of sulfonamides is 1. The van der Waals surface area contributed by atoms with E-state index in [1.807, 2.05) is 0 Å². The molecule has 0 amide bonds. The van der Waals surface area contributed by atoms with Gasteiger partial charge in [-0.05, 0) is 12.1 Å². The van der Waals surface area contributed by atoms with Crippen molar-refractivity contribution in [1.29, 1.82) is 0 Å². The first-order valence-corrected chi connectivity index (χ1v) is 7.21. The molecule has 19 heavy (non-hydrogen) atoms. The number of rotatable bonds is 6. The molecule has 0 heterocycles. The predicted molar refractivity (Wildman–Crippen MR) is 72.7 cm³/mol. The molecule has 0 bridgehead atoms. The van der Waals surface area contributed by atoms with E-state index in [2.05, 4.69) is 6.58 Å².